The van der Waals surface area contributed by atoms with Gasteiger partial charge in [0.05, 0.1) is 26.9 Å². The van der Waals surface area contributed by atoms with Crippen LogP contribution in [0.15, 0.2) is 23.2 Å². The SMILES string of the molecule is CN=C(NCCOCCOC)NCCc1ccc(C)c(OC)c1.I. The van der Waals surface area contributed by atoms with Crippen LogP contribution in [0.5, 0.6) is 5.75 Å². The Labute approximate surface area is 162 Å². The molecule has 0 amide bonds. The van der Waals surface area contributed by atoms with Crippen LogP contribution in [0.4, 0.5) is 0 Å². The first-order chi connectivity index (χ1) is 11.2. The molecule has 0 aliphatic carbocycles. The molecular formula is C17H30IN3O3. The number of benzene rings is 1. The minimum Gasteiger partial charge on any atom is -0.496 e. The average molecular weight is 451 g/mol. The number of aryl methyl sites for hydroxylation is 1. The highest BCUT2D eigenvalue weighted by Crippen LogP contribution is 2.18. The van der Waals surface area contributed by atoms with Crippen molar-refractivity contribution in [2.75, 3.05) is 54.2 Å². The molecule has 1 aromatic carbocycles. The van der Waals surface area contributed by atoms with E-state index in [1.807, 2.05) is 6.92 Å². The van der Waals surface area contributed by atoms with Crippen LogP contribution in [-0.4, -0.2) is 60.1 Å². The Kier molecular flexibility index (Phi) is 13.7. The molecule has 7 heteroatoms. The second-order valence-electron chi connectivity index (χ2n) is 5.08. The monoisotopic (exact) mass is 451 g/mol. The van der Waals surface area contributed by atoms with Crippen LogP contribution in [0.25, 0.3) is 0 Å². The first-order valence-corrected chi connectivity index (χ1v) is 7.86. The number of hydrogen-bond acceptors (Lipinski definition) is 4. The van der Waals surface area contributed by atoms with Gasteiger partial charge < -0.3 is 24.8 Å². The van der Waals surface area contributed by atoms with Crippen LogP contribution < -0.4 is 15.4 Å². The second kappa shape index (κ2) is 14.3. The lowest BCUT2D eigenvalue weighted by Crippen LogP contribution is -2.39. The van der Waals surface area contributed by atoms with Gasteiger partial charge >= 0.3 is 0 Å². The van der Waals surface area contributed by atoms with Crippen LogP contribution in [0.2, 0.25) is 0 Å². The maximum absolute atomic E-state index is 5.40. The van der Waals surface area contributed by atoms with Gasteiger partial charge in [-0.05, 0) is 30.5 Å². The van der Waals surface area contributed by atoms with E-state index in [4.69, 9.17) is 14.2 Å². The standard InChI is InChI=1S/C17H29N3O3.HI/c1-14-5-6-15(13-16(14)22-4)7-8-19-17(18-2)20-9-10-23-12-11-21-3;/h5-6,13H,7-12H2,1-4H3,(H2,18,19,20);1H. The van der Waals surface area contributed by atoms with Crippen LogP contribution in [0.1, 0.15) is 11.1 Å². The fraction of sp³-hybridized carbons (Fsp3) is 0.588. The molecule has 0 aliphatic rings. The number of ether oxygens (including phenoxy) is 3. The Morgan fingerprint density at radius 3 is 2.50 bits per heavy atom. The van der Waals surface area contributed by atoms with E-state index in [0.29, 0.717) is 26.4 Å². The Morgan fingerprint density at radius 2 is 1.83 bits per heavy atom. The van der Waals surface area contributed by atoms with Crippen molar-refractivity contribution < 1.29 is 14.2 Å². The molecule has 2 N–H and O–H groups in total. The third-order valence-electron chi connectivity index (χ3n) is 3.37. The highest BCUT2D eigenvalue weighted by Gasteiger charge is 2.01. The summed E-state index contributed by atoms with van der Waals surface area (Å²) in [6.07, 6.45) is 0.904. The lowest BCUT2D eigenvalue weighted by atomic mass is 10.1. The minimum atomic E-state index is 0. The fourth-order valence-electron chi connectivity index (χ4n) is 2.05. The van der Waals surface area contributed by atoms with Crippen LogP contribution in [-0.2, 0) is 15.9 Å². The topological polar surface area (TPSA) is 64.1 Å². The smallest absolute Gasteiger partial charge is 0.191 e. The van der Waals surface area contributed by atoms with Crippen LogP contribution >= 0.6 is 24.0 Å². The Balaban J connectivity index is 0.00000529. The van der Waals surface area contributed by atoms with Crippen molar-refractivity contribution in [1.29, 1.82) is 0 Å². The summed E-state index contributed by atoms with van der Waals surface area (Å²) in [5.41, 5.74) is 2.38. The van der Waals surface area contributed by atoms with E-state index in [9.17, 15) is 0 Å². The minimum absolute atomic E-state index is 0. The predicted molar refractivity (Wildman–Crippen MR) is 109 cm³/mol. The summed E-state index contributed by atoms with van der Waals surface area (Å²) < 4.78 is 15.7. The number of nitrogens with one attached hydrogen (secondary N) is 2. The summed E-state index contributed by atoms with van der Waals surface area (Å²) in [7, 11) is 5.12. The largest absolute Gasteiger partial charge is 0.496 e. The zero-order valence-electron chi connectivity index (χ0n) is 15.1. The number of rotatable bonds is 10. The van der Waals surface area contributed by atoms with E-state index in [1.165, 1.54) is 5.56 Å². The van der Waals surface area contributed by atoms with Crippen molar-refractivity contribution in [3.05, 3.63) is 29.3 Å². The molecule has 24 heavy (non-hydrogen) atoms. The summed E-state index contributed by atoms with van der Waals surface area (Å²) in [4.78, 5) is 4.19. The van der Waals surface area contributed by atoms with E-state index < -0.39 is 0 Å². The fourth-order valence-corrected chi connectivity index (χ4v) is 2.05. The Hall–Kier alpha value is -1.06. The van der Waals surface area contributed by atoms with E-state index in [-0.39, 0.29) is 24.0 Å². The summed E-state index contributed by atoms with van der Waals surface area (Å²) in [6, 6.07) is 6.29. The molecule has 0 saturated carbocycles. The molecule has 138 valence electrons. The quantitative estimate of drug-likeness (QED) is 0.247. The number of guanidine groups is 1. The van der Waals surface area contributed by atoms with Gasteiger partial charge in [0, 0.05) is 27.2 Å². The highest BCUT2D eigenvalue weighted by atomic mass is 127. The van der Waals surface area contributed by atoms with Gasteiger partial charge in [-0.3, -0.25) is 4.99 Å². The normalized spacial score (nSPS) is 10.9. The number of nitrogens with zero attached hydrogens (tertiary/aromatic N) is 1. The van der Waals surface area contributed by atoms with Gasteiger partial charge in [-0.15, -0.1) is 24.0 Å². The molecule has 0 aromatic heterocycles. The van der Waals surface area contributed by atoms with Gasteiger partial charge in [-0.25, -0.2) is 0 Å². The number of hydrogen-bond donors (Lipinski definition) is 2. The lowest BCUT2D eigenvalue weighted by Gasteiger charge is -2.12. The molecule has 0 unspecified atom stereocenters. The molecule has 0 atom stereocenters. The van der Waals surface area contributed by atoms with E-state index in [1.54, 1.807) is 21.3 Å². The molecule has 0 heterocycles. The molecule has 0 radical (unpaired) electrons. The summed E-state index contributed by atoms with van der Waals surface area (Å²) in [5.74, 6) is 1.71. The molecule has 0 aliphatic heterocycles. The third kappa shape index (κ3) is 9.29. The number of methoxy groups -OCH3 is 2. The molecule has 0 saturated heterocycles. The first kappa shape index (κ1) is 22.9. The maximum atomic E-state index is 5.40. The summed E-state index contributed by atoms with van der Waals surface area (Å²) in [5, 5.41) is 6.50. The predicted octanol–water partition coefficient (Wildman–Crippen LogP) is 1.99. The van der Waals surface area contributed by atoms with E-state index >= 15 is 0 Å². The summed E-state index contributed by atoms with van der Waals surface area (Å²) >= 11 is 0. The maximum Gasteiger partial charge on any atom is 0.191 e. The molecule has 1 aromatic rings. The van der Waals surface area contributed by atoms with Crippen molar-refractivity contribution in [2.45, 2.75) is 13.3 Å². The van der Waals surface area contributed by atoms with Gasteiger partial charge in [-0.1, -0.05) is 12.1 Å². The van der Waals surface area contributed by atoms with Gasteiger partial charge in [-0.2, -0.15) is 0 Å². The molecule has 0 bridgehead atoms. The van der Waals surface area contributed by atoms with Crippen LogP contribution in [0, 0.1) is 6.92 Å². The average Bonchev–Trinajstić information content (AvgIpc) is 2.57. The lowest BCUT2D eigenvalue weighted by molar-refractivity contribution is 0.0733. The highest BCUT2D eigenvalue weighted by molar-refractivity contribution is 14.0. The van der Waals surface area contributed by atoms with E-state index in [2.05, 4.69) is 33.8 Å². The molecule has 0 spiro atoms. The molecule has 1 rings (SSSR count). The Morgan fingerprint density at radius 1 is 1.08 bits per heavy atom. The van der Waals surface area contributed by atoms with Gasteiger partial charge in [0.25, 0.3) is 0 Å². The third-order valence-corrected chi connectivity index (χ3v) is 3.37. The van der Waals surface area contributed by atoms with Gasteiger partial charge in [0.2, 0.25) is 0 Å². The zero-order valence-corrected chi connectivity index (χ0v) is 17.4. The van der Waals surface area contributed by atoms with E-state index in [0.717, 1.165) is 30.2 Å². The molecule has 6 nitrogen and oxygen atoms in total. The van der Waals surface area contributed by atoms with Gasteiger partial charge in [0.1, 0.15) is 5.75 Å². The van der Waals surface area contributed by atoms with Crippen molar-refractivity contribution in [3.8, 4) is 5.75 Å². The van der Waals surface area contributed by atoms with Gasteiger partial charge in [0.15, 0.2) is 5.96 Å². The summed E-state index contributed by atoms with van der Waals surface area (Å²) in [6.45, 7) is 5.41. The molecular weight excluding hydrogens is 421 g/mol. The molecule has 0 fully saturated rings. The first-order valence-electron chi connectivity index (χ1n) is 7.86. The van der Waals surface area contributed by atoms with Crippen molar-refractivity contribution in [1.82, 2.24) is 10.6 Å². The zero-order chi connectivity index (χ0) is 16.9. The second-order valence-corrected chi connectivity index (χ2v) is 5.08. The number of aliphatic imine (C=N–C) groups is 1. The Bertz CT molecular complexity index is 484. The van der Waals surface area contributed by atoms with Crippen molar-refractivity contribution in [2.24, 2.45) is 4.99 Å². The van der Waals surface area contributed by atoms with Crippen molar-refractivity contribution in [3.63, 3.8) is 0 Å². The van der Waals surface area contributed by atoms with Crippen LogP contribution in [0.3, 0.4) is 0 Å². The number of halogens is 1. The van der Waals surface area contributed by atoms with Crippen molar-refractivity contribution >= 4 is 29.9 Å².